The molecule has 4 N–H and O–H groups in total. The lowest BCUT2D eigenvalue weighted by Crippen LogP contribution is -2.50. The van der Waals surface area contributed by atoms with Gasteiger partial charge in [0.1, 0.15) is 5.75 Å². The largest absolute Gasteiger partial charge is 0.507 e. The second kappa shape index (κ2) is 10.9. The van der Waals surface area contributed by atoms with Gasteiger partial charge in [-0.2, -0.15) is 0 Å². The van der Waals surface area contributed by atoms with Crippen molar-refractivity contribution in [3.05, 3.63) is 88.9 Å². The second-order valence-electron chi connectivity index (χ2n) is 8.57. The molecule has 1 aliphatic heterocycles. The van der Waals surface area contributed by atoms with Gasteiger partial charge in [-0.1, -0.05) is 66.2 Å². The Hall–Kier alpha value is -3.39. The number of amides is 2. The van der Waals surface area contributed by atoms with E-state index in [-0.39, 0.29) is 18.3 Å². The topological polar surface area (TPSA) is 110 Å². The number of phenols is 1. The lowest BCUT2D eigenvalue weighted by atomic mass is 10.0. The fourth-order valence-corrected chi connectivity index (χ4v) is 4.55. The van der Waals surface area contributed by atoms with Gasteiger partial charge in [-0.3, -0.25) is 9.59 Å². The number of aliphatic hydroxyl groups excluding tert-OH is 2. The van der Waals surface area contributed by atoms with E-state index in [0.29, 0.717) is 23.6 Å². The molecule has 1 aliphatic rings. The highest BCUT2D eigenvalue weighted by atomic mass is 35.5. The van der Waals surface area contributed by atoms with E-state index >= 15 is 0 Å². The Morgan fingerprint density at radius 2 is 1.74 bits per heavy atom. The Kier molecular flexibility index (Phi) is 7.70. The maximum absolute atomic E-state index is 12.9. The summed E-state index contributed by atoms with van der Waals surface area (Å²) in [5.74, 6) is -1.36. The van der Waals surface area contributed by atoms with Gasteiger partial charge in [0.25, 0.3) is 11.8 Å². The number of likely N-dealkylation sites (tertiary alicyclic amines) is 1. The first-order valence-corrected chi connectivity index (χ1v) is 11.8. The maximum atomic E-state index is 12.9. The van der Waals surface area contributed by atoms with Gasteiger partial charge in [-0.05, 0) is 47.7 Å². The van der Waals surface area contributed by atoms with E-state index < -0.39 is 24.0 Å². The number of hydrogen-bond donors (Lipinski definition) is 4. The number of hydrogen-bond acceptors (Lipinski definition) is 5. The molecule has 0 bridgehead atoms. The molecule has 0 unspecified atom stereocenters. The third-order valence-electron chi connectivity index (χ3n) is 6.23. The van der Waals surface area contributed by atoms with E-state index in [9.17, 15) is 24.9 Å². The number of benzene rings is 3. The Morgan fingerprint density at radius 3 is 2.46 bits per heavy atom. The van der Waals surface area contributed by atoms with E-state index in [1.54, 1.807) is 48.5 Å². The lowest BCUT2D eigenvalue weighted by molar-refractivity contribution is -0.153. The molecule has 4 rings (SSSR count). The Bertz CT molecular complexity index is 1200. The molecule has 3 atom stereocenters. The van der Waals surface area contributed by atoms with Gasteiger partial charge < -0.3 is 25.5 Å². The summed E-state index contributed by atoms with van der Waals surface area (Å²) in [6.07, 6.45) is -2.33. The van der Waals surface area contributed by atoms with Gasteiger partial charge in [0, 0.05) is 23.7 Å². The molecule has 182 valence electrons. The van der Waals surface area contributed by atoms with Crippen LogP contribution in [0.25, 0.3) is 11.1 Å². The van der Waals surface area contributed by atoms with Crippen LogP contribution in [0.15, 0.2) is 72.8 Å². The van der Waals surface area contributed by atoms with Crippen molar-refractivity contribution in [3.63, 3.8) is 0 Å². The van der Waals surface area contributed by atoms with Crippen molar-refractivity contribution in [2.24, 2.45) is 0 Å². The molecular weight excluding hydrogens is 468 g/mol. The molecule has 1 saturated heterocycles. The van der Waals surface area contributed by atoms with E-state index in [4.69, 9.17) is 11.6 Å². The zero-order valence-corrected chi connectivity index (χ0v) is 19.7. The summed E-state index contributed by atoms with van der Waals surface area (Å²) in [5.41, 5.74) is 3.12. The van der Waals surface area contributed by atoms with Crippen molar-refractivity contribution in [2.45, 2.75) is 37.6 Å². The van der Waals surface area contributed by atoms with Crippen molar-refractivity contribution < 1.29 is 24.9 Å². The number of aliphatic hydroxyl groups is 2. The molecule has 3 aromatic rings. The molecule has 0 saturated carbocycles. The molecule has 1 heterocycles. The number of nitrogens with zero attached hydrogens (tertiary/aromatic N) is 1. The molecule has 0 spiro atoms. The van der Waals surface area contributed by atoms with Crippen molar-refractivity contribution in [1.82, 2.24) is 10.2 Å². The molecular formula is C27H27ClN2O5. The minimum atomic E-state index is -1.90. The molecule has 1 fully saturated rings. The summed E-state index contributed by atoms with van der Waals surface area (Å²) in [7, 11) is 0. The van der Waals surface area contributed by atoms with Crippen LogP contribution in [0.1, 0.15) is 30.0 Å². The average molecular weight is 495 g/mol. The number of nitrogens with one attached hydrogen (secondary N) is 1. The van der Waals surface area contributed by atoms with E-state index in [1.807, 2.05) is 24.3 Å². The summed E-state index contributed by atoms with van der Waals surface area (Å²) >= 11 is 6.08. The minimum Gasteiger partial charge on any atom is -0.507 e. The van der Waals surface area contributed by atoms with Gasteiger partial charge in [-0.15, -0.1) is 0 Å². The van der Waals surface area contributed by atoms with E-state index in [0.717, 1.165) is 23.1 Å². The minimum absolute atomic E-state index is 0.104. The number of para-hydroxylation sites is 1. The molecule has 7 nitrogen and oxygen atoms in total. The van der Waals surface area contributed by atoms with Crippen LogP contribution < -0.4 is 5.32 Å². The summed E-state index contributed by atoms with van der Waals surface area (Å²) < 4.78 is 0. The van der Waals surface area contributed by atoms with Crippen LogP contribution in [0.4, 0.5) is 0 Å². The summed E-state index contributed by atoms with van der Waals surface area (Å²) in [6, 6.07) is 21.1. The van der Waals surface area contributed by atoms with E-state index in [2.05, 4.69) is 5.32 Å². The van der Waals surface area contributed by atoms with Gasteiger partial charge in [0.15, 0.2) is 12.2 Å². The first-order chi connectivity index (χ1) is 16.8. The zero-order chi connectivity index (χ0) is 24.9. The predicted molar refractivity (Wildman–Crippen MR) is 133 cm³/mol. The number of halogens is 1. The van der Waals surface area contributed by atoms with E-state index in [1.165, 1.54) is 4.90 Å². The molecule has 2 amide bonds. The molecule has 0 aliphatic carbocycles. The first kappa shape index (κ1) is 24.7. The Labute approximate surface area is 208 Å². The normalized spacial score (nSPS) is 17.1. The lowest BCUT2D eigenvalue weighted by Gasteiger charge is -2.28. The number of phenolic OH excluding ortho intramolecular Hbond substituents is 1. The van der Waals surface area contributed by atoms with Crippen molar-refractivity contribution in [1.29, 1.82) is 0 Å². The third kappa shape index (κ3) is 5.65. The zero-order valence-electron chi connectivity index (χ0n) is 19.0. The molecule has 35 heavy (non-hydrogen) atoms. The third-order valence-corrected chi connectivity index (χ3v) is 6.46. The highest BCUT2D eigenvalue weighted by Gasteiger charge is 2.38. The SMILES string of the molecule is O=C(NCc1ccc(-c2ccccc2O)cc1)[C@H](O)[C@@H](O)C(=O)N1CCC[C@@H]1c1cccc(Cl)c1. The summed E-state index contributed by atoms with van der Waals surface area (Å²) in [5, 5.41) is 33.9. The van der Waals surface area contributed by atoms with Gasteiger partial charge in [0.2, 0.25) is 0 Å². The number of aromatic hydroxyl groups is 1. The smallest absolute Gasteiger partial charge is 0.255 e. The van der Waals surface area contributed by atoms with Gasteiger partial charge in [0.05, 0.1) is 6.04 Å². The first-order valence-electron chi connectivity index (χ1n) is 11.4. The monoisotopic (exact) mass is 494 g/mol. The second-order valence-corrected chi connectivity index (χ2v) is 9.00. The number of carbonyl (C=O) groups excluding carboxylic acids is 2. The van der Waals surface area contributed by atoms with Crippen molar-refractivity contribution in [2.75, 3.05) is 6.54 Å². The molecule has 3 aromatic carbocycles. The summed E-state index contributed by atoms with van der Waals surface area (Å²) in [6.45, 7) is 0.525. The fourth-order valence-electron chi connectivity index (χ4n) is 4.35. The van der Waals surface area contributed by atoms with Crippen molar-refractivity contribution >= 4 is 23.4 Å². The van der Waals surface area contributed by atoms with Crippen LogP contribution >= 0.6 is 11.6 Å². The highest BCUT2D eigenvalue weighted by molar-refractivity contribution is 6.30. The average Bonchev–Trinajstić information content (AvgIpc) is 3.37. The van der Waals surface area contributed by atoms with Crippen LogP contribution in [-0.2, 0) is 16.1 Å². The van der Waals surface area contributed by atoms with Crippen molar-refractivity contribution in [3.8, 4) is 16.9 Å². The van der Waals surface area contributed by atoms with Crippen LogP contribution in [0.2, 0.25) is 5.02 Å². The maximum Gasteiger partial charge on any atom is 0.255 e. The number of rotatable bonds is 7. The fraction of sp³-hybridized carbons (Fsp3) is 0.259. The van der Waals surface area contributed by atoms with Crippen LogP contribution in [0, 0.1) is 0 Å². The summed E-state index contributed by atoms with van der Waals surface area (Å²) in [4.78, 5) is 26.9. The number of carbonyl (C=O) groups is 2. The van der Waals surface area contributed by atoms with Crippen LogP contribution in [-0.4, -0.2) is 50.8 Å². The Morgan fingerprint density at radius 1 is 1.00 bits per heavy atom. The van der Waals surface area contributed by atoms with Crippen LogP contribution in [0.5, 0.6) is 5.75 Å². The Balaban J connectivity index is 1.35. The molecule has 0 aromatic heterocycles. The highest BCUT2D eigenvalue weighted by Crippen LogP contribution is 2.33. The van der Waals surface area contributed by atoms with Gasteiger partial charge in [-0.25, -0.2) is 0 Å². The standard InChI is InChI=1S/C27H27ClN2O5/c28-20-6-3-5-19(15-20)22-8-4-14-30(22)27(35)25(33)24(32)26(34)29-16-17-10-12-18(13-11-17)21-7-1-2-9-23(21)31/h1-3,5-7,9-13,15,22,24-25,31-33H,4,8,14,16H2,(H,29,34)/t22-,24-,25-/m1/s1. The molecule has 0 radical (unpaired) electrons. The quantitative estimate of drug-likeness (QED) is 0.402. The van der Waals surface area contributed by atoms with Crippen LogP contribution in [0.3, 0.4) is 0 Å². The predicted octanol–water partition coefficient (Wildman–Crippen LogP) is 3.41. The molecule has 8 heteroatoms. The van der Waals surface area contributed by atoms with Gasteiger partial charge >= 0.3 is 0 Å².